The molecular weight excluding hydrogens is 195 g/mol. The molecule has 0 saturated heterocycles. The van der Waals surface area contributed by atoms with Crippen LogP contribution in [0.2, 0.25) is 0 Å². The van der Waals surface area contributed by atoms with Crippen LogP contribution in [0.3, 0.4) is 0 Å². The van der Waals surface area contributed by atoms with E-state index in [0.29, 0.717) is 6.54 Å². The van der Waals surface area contributed by atoms with Gasteiger partial charge < -0.3 is 5.73 Å². The molecule has 0 radical (unpaired) electrons. The Bertz CT molecular complexity index is 216. The molecule has 0 spiro atoms. The molecule has 1 aromatic heterocycles. The molecule has 0 aliphatic rings. The fraction of sp³-hybridized carbons (Fsp3) is 0.375. The maximum absolute atomic E-state index is 5.39. The largest absolute Gasteiger partial charge is 0.330 e. The maximum Gasteiger partial charge on any atom is 0.0375 e. The van der Waals surface area contributed by atoms with E-state index >= 15 is 0 Å². The van der Waals surface area contributed by atoms with Gasteiger partial charge >= 0.3 is 0 Å². The monoisotopic (exact) mass is 208 g/mol. The van der Waals surface area contributed by atoms with Crippen molar-refractivity contribution in [3.8, 4) is 0 Å². The van der Waals surface area contributed by atoms with E-state index in [1.165, 1.54) is 5.56 Å². The SMILES string of the molecule is Cc1cc(CCN)ccn1.Cl.Cl. The topological polar surface area (TPSA) is 38.9 Å². The molecule has 0 bridgehead atoms. The van der Waals surface area contributed by atoms with Crippen molar-refractivity contribution in [2.24, 2.45) is 5.73 Å². The van der Waals surface area contributed by atoms with Crippen molar-refractivity contribution in [3.05, 3.63) is 29.6 Å². The molecule has 12 heavy (non-hydrogen) atoms. The number of aromatic nitrogens is 1. The standard InChI is InChI=1S/C8H12N2.2ClH/c1-7-6-8(2-4-9)3-5-10-7;;/h3,5-6H,2,4,9H2,1H3;2*1H. The zero-order valence-electron chi connectivity index (χ0n) is 6.99. The van der Waals surface area contributed by atoms with Crippen molar-refractivity contribution < 1.29 is 0 Å². The molecule has 2 N–H and O–H groups in total. The minimum Gasteiger partial charge on any atom is -0.330 e. The van der Waals surface area contributed by atoms with Crippen molar-refractivity contribution in [2.75, 3.05) is 6.54 Å². The third kappa shape index (κ3) is 4.54. The molecule has 1 heterocycles. The van der Waals surface area contributed by atoms with E-state index in [-0.39, 0.29) is 24.8 Å². The number of pyridine rings is 1. The van der Waals surface area contributed by atoms with Crippen LogP contribution in [0, 0.1) is 6.92 Å². The van der Waals surface area contributed by atoms with Crippen LogP contribution in [-0.2, 0) is 6.42 Å². The smallest absolute Gasteiger partial charge is 0.0375 e. The van der Waals surface area contributed by atoms with E-state index in [0.717, 1.165) is 12.1 Å². The quantitative estimate of drug-likeness (QED) is 0.805. The molecule has 2 nitrogen and oxygen atoms in total. The van der Waals surface area contributed by atoms with Crippen LogP contribution in [0.1, 0.15) is 11.3 Å². The first-order valence-corrected chi connectivity index (χ1v) is 3.44. The molecule has 1 rings (SSSR count). The maximum atomic E-state index is 5.39. The zero-order chi connectivity index (χ0) is 7.40. The lowest BCUT2D eigenvalue weighted by molar-refractivity contribution is 0.958. The summed E-state index contributed by atoms with van der Waals surface area (Å²) in [5, 5.41) is 0. The molecule has 0 amide bonds. The van der Waals surface area contributed by atoms with Gasteiger partial charge in [-0.3, -0.25) is 4.98 Å². The van der Waals surface area contributed by atoms with Crippen LogP contribution in [0.25, 0.3) is 0 Å². The summed E-state index contributed by atoms with van der Waals surface area (Å²) in [5.74, 6) is 0. The minimum absolute atomic E-state index is 0. The van der Waals surface area contributed by atoms with Crippen molar-refractivity contribution in [2.45, 2.75) is 13.3 Å². The van der Waals surface area contributed by atoms with Gasteiger partial charge in [0.05, 0.1) is 0 Å². The van der Waals surface area contributed by atoms with Crippen molar-refractivity contribution in [3.63, 3.8) is 0 Å². The lowest BCUT2D eigenvalue weighted by Gasteiger charge is -1.97. The second-order valence-electron chi connectivity index (χ2n) is 2.34. The highest BCUT2D eigenvalue weighted by molar-refractivity contribution is 5.85. The Morgan fingerprint density at radius 2 is 2.08 bits per heavy atom. The van der Waals surface area contributed by atoms with Gasteiger partial charge in [-0.05, 0) is 37.6 Å². The van der Waals surface area contributed by atoms with Crippen LogP contribution < -0.4 is 5.73 Å². The summed E-state index contributed by atoms with van der Waals surface area (Å²) in [4.78, 5) is 4.08. The Labute approximate surface area is 85.4 Å². The van der Waals surface area contributed by atoms with Crippen molar-refractivity contribution >= 4 is 24.8 Å². The highest BCUT2D eigenvalue weighted by Crippen LogP contribution is 1.99. The van der Waals surface area contributed by atoms with Crippen LogP contribution in [0.15, 0.2) is 18.3 Å². The molecule has 0 atom stereocenters. The second kappa shape index (κ2) is 7.35. The van der Waals surface area contributed by atoms with E-state index < -0.39 is 0 Å². The third-order valence-electron chi connectivity index (χ3n) is 1.39. The summed E-state index contributed by atoms with van der Waals surface area (Å²) >= 11 is 0. The number of hydrogen-bond donors (Lipinski definition) is 1. The van der Waals surface area contributed by atoms with Gasteiger partial charge in [-0.2, -0.15) is 0 Å². The average Bonchev–Trinajstić information content (AvgIpc) is 1.88. The number of hydrogen-bond acceptors (Lipinski definition) is 2. The molecule has 70 valence electrons. The first kappa shape index (κ1) is 14.2. The Morgan fingerprint density at radius 1 is 1.42 bits per heavy atom. The fourth-order valence-electron chi connectivity index (χ4n) is 0.926. The molecule has 1 aromatic rings. The Morgan fingerprint density at radius 3 is 2.58 bits per heavy atom. The van der Waals surface area contributed by atoms with E-state index in [2.05, 4.69) is 11.1 Å². The highest BCUT2D eigenvalue weighted by atomic mass is 35.5. The fourth-order valence-corrected chi connectivity index (χ4v) is 0.926. The summed E-state index contributed by atoms with van der Waals surface area (Å²) < 4.78 is 0. The summed E-state index contributed by atoms with van der Waals surface area (Å²) in [6.07, 6.45) is 2.77. The number of halogens is 2. The van der Waals surface area contributed by atoms with Crippen molar-refractivity contribution in [1.29, 1.82) is 0 Å². The summed E-state index contributed by atoms with van der Waals surface area (Å²) in [5.41, 5.74) is 7.72. The predicted molar refractivity (Wildman–Crippen MR) is 56.2 cm³/mol. The van der Waals surface area contributed by atoms with Crippen LogP contribution in [-0.4, -0.2) is 11.5 Å². The van der Waals surface area contributed by atoms with Crippen LogP contribution in [0.4, 0.5) is 0 Å². The van der Waals surface area contributed by atoms with Crippen LogP contribution >= 0.6 is 24.8 Å². The van der Waals surface area contributed by atoms with Gasteiger partial charge in [-0.1, -0.05) is 0 Å². The Balaban J connectivity index is 0. The molecule has 0 unspecified atom stereocenters. The summed E-state index contributed by atoms with van der Waals surface area (Å²) in [6, 6.07) is 4.06. The van der Waals surface area contributed by atoms with E-state index in [1.54, 1.807) is 0 Å². The number of aryl methyl sites for hydroxylation is 1. The van der Waals surface area contributed by atoms with Gasteiger partial charge in [0.25, 0.3) is 0 Å². The number of rotatable bonds is 2. The number of nitrogens with two attached hydrogens (primary N) is 1. The number of nitrogens with zero attached hydrogens (tertiary/aromatic N) is 1. The molecule has 0 aliphatic heterocycles. The molecule has 0 aromatic carbocycles. The molecular formula is C8H14Cl2N2. The van der Waals surface area contributed by atoms with Gasteiger partial charge in [-0.15, -0.1) is 24.8 Å². The first-order valence-electron chi connectivity index (χ1n) is 3.44. The van der Waals surface area contributed by atoms with Gasteiger partial charge in [0.15, 0.2) is 0 Å². The van der Waals surface area contributed by atoms with Gasteiger partial charge in [-0.25, -0.2) is 0 Å². The summed E-state index contributed by atoms with van der Waals surface area (Å²) in [7, 11) is 0. The van der Waals surface area contributed by atoms with Crippen molar-refractivity contribution in [1.82, 2.24) is 4.98 Å². The summed E-state index contributed by atoms with van der Waals surface area (Å²) in [6.45, 7) is 2.70. The molecule has 4 heteroatoms. The van der Waals surface area contributed by atoms with Gasteiger partial charge in [0.2, 0.25) is 0 Å². The van der Waals surface area contributed by atoms with E-state index in [4.69, 9.17) is 5.73 Å². The lowest BCUT2D eigenvalue weighted by atomic mass is 10.2. The third-order valence-corrected chi connectivity index (χ3v) is 1.39. The van der Waals surface area contributed by atoms with Gasteiger partial charge in [0.1, 0.15) is 0 Å². The highest BCUT2D eigenvalue weighted by Gasteiger charge is 1.90. The Kier molecular flexibility index (Phi) is 8.71. The van der Waals surface area contributed by atoms with E-state index in [1.807, 2.05) is 19.2 Å². The molecule has 0 saturated carbocycles. The molecule has 0 aliphatic carbocycles. The Hall–Kier alpha value is -0.310. The van der Waals surface area contributed by atoms with E-state index in [9.17, 15) is 0 Å². The second-order valence-corrected chi connectivity index (χ2v) is 2.34. The zero-order valence-corrected chi connectivity index (χ0v) is 8.62. The average molecular weight is 209 g/mol. The lowest BCUT2D eigenvalue weighted by Crippen LogP contribution is -2.02. The van der Waals surface area contributed by atoms with Crippen LogP contribution in [0.5, 0.6) is 0 Å². The predicted octanol–water partition coefficient (Wildman–Crippen LogP) is 1.73. The first-order chi connectivity index (χ1) is 4.83. The normalized spacial score (nSPS) is 8.17. The minimum atomic E-state index is 0. The molecule has 0 fully saturated rings. The van der Waals surface area contributed by atoms with Gasteiger partial charge in [0, 0.05) is 11.9 Å².